The van der Waals surface area contributed by atoms with Gasteiger partial charge in [-0.25, -0.2) is 0 Å². The number of ketones is 1. The lowest BCUT2D eigenvalue weighted by molar-refractivity contribution is 0.0880. The number of benzene rings is 1. The largest absolute Gasteiger partial charge is 0.358 e. The molecule has 0 saturated carbocycles. The number of aromatic amines is 1. The number of carbonyl (C=O) groups is 1. The summed E-state index contributed by atoms with van der Waals surface area (Å²) in [6, 6.07) is 8.43. The Balaban J connectivity index is 2.28. The number of fused-ring (bicyclic) bond motifs is 1. The van der Waals surface area contributed by atoms with E-state index in [0.717, 1.165) is 28.7 Å². The van der Waals surface area contributed by atoms with Gasteiger partial charge in [-0.3, -0.25) is 9.69 Å². The van der Waals surface area contributed by atoms with E-state index < -0.39 is 0 Å². The number of nitrogens with zero attached hydrogens (tertiary/aromatic N) is 1. The predicted octanol–water partition coefficient (Wildman–Crippen LogP) is 4.03. The molecule has 2 rings (SSSR count). The van der Waals surface area contributed by atoms with E-state index in [0.29, 0.717) is 18.5 Å². The zero-order valence-electron chi connectivity index (χ0n) is 13.7. The molecule has 2 aromatic rings. The van der Waals surface area contributed by atoms with Gasteiger partial charge in [0.25, 0.3) is 0 Å². The van der Waals surface area contributed by atoms with Gasteiger partial charge in [-0.15, -0.1) is 0 Å². The number of carbonyl (C=O) groups excluding carboxylic acids is 1. The predicted molar refractivity (Wildman–Crippen MR) is 88.9 cm³/mol. The second kappa shape index (κ2) is 6.44. The normalized spacial score (nSPS) is 13.3. The Bertz CT molecular complexity index is 627. The zero-order chi connectivity index (χ0) is 15.6. The molecule has 1 N–H and O–H groups in total. The molecule has 1 atom stereocenters. The number of aromatic nitrogens is 1. The van der Waals surface area contributed by atoms with Crippen LogP contribution in [0.1, 0.15) is 43.7 Å². The smallest absolute Gasteiger partial charge is 0.179 e. The molecule has 3 nitrogen and oxygen atoms in total. The molecule has 0 fully saturated rings. The second-order valence-electron chi connectivity index (χ2n) is 6.14. The van der Waals surface area contributed by atoms with Crippen LogP contribution in [0, 0.1) is 12.8 Å². The van der Waals surface area contributed by atoms with E-state index in [1.165, 1.54) is 0 Å². The van der Waals surface area contributed by atoms with Gasteiger partial charge in [0.2, 0.25) is 0 Å². The van der Waals surface area contributed by atoms with Crippen molar-refractivity contribution >= 4 is 16.7 Å². The summed E-state index contributed by atoms with van der Waals surface area (Å²) in [7, 11) is 0. The number of H-pyrrole nitrogens is 1. The van der Waals surface area contributed by atoms with E-state index in [-0.39, 0.29) is 5.78 Å². The molecule has 1 aromatic heterocycles. The second-order valence-corrected chi connectivity index (χ2v) is 6.14. The number of para-hydroxylation sites is 1. The molecule has 1 aromatic carbocycles. The highest BCUT2D eigenvalue weighted by atomic mass is 16.1. The number of nitrogens with one attached hydrogen (secondary N) is 1. The van der Waals surface area contributed by atoms with Crippen molar-refractivity contribution in [2.75, 3.05) is 13.1 Å². The summed E-state index contributed by atoms with van der Waals surface area (Å²) in [5.74, 6) is 0.751. The van der Waals surface area contributed by atoms with Crippen LogP contribution in [0.15, 0.2) is 24.3 Å². The molecule has 0 bridgehead atoms. The number of aryl methyl sites for hydroxylation is 1. The third kappa shape index (κ3) is 3.18. The van der Waals surface area contributed by atoms with E-state index in [4.69, 9.17) is 0 Å². The van der Waals surface area contributed by atoms with Crippen LogP contribution in [0.3, 0.4) is 0 Å². The van der Waals surface area contributed by atoms with Crippen molar-refractivity contribution in [2.45, 2.75) is 40.7 Å². The van der Waals surface area contributed by atoms with Crippen LogP contribution in [0.4, 0.5) is 0 Å². The van der Waals surface area contributed by atoms with Crippen molar-refractivity contribution in [3.8, 4) is 0 Å². The van der Waals surface area contributed by atoms with Gasteiger partial charge in [0, 0.05) is 28.2 Å². The van der Waals surface area contributed by atoms with Gasteiger partial charge >= 0.3 is 0 Å². The van der Waals surface area contributed by atoms with Gasteiger partial charge in [0.15, 0.2) is 5.78 Å². The number of Topliss-reactive ketones (excluding diaryl/α,β-unsaturated/α-hetero) is 1. The fraction of sp³-hybridized carbons (Fsp3) is 0.500. The van der Waals surface area contributed by atoms with Crippen LogP contribution in [-0.2, 0) is 0 Å². The molecule has 21 heavy (non-hydrogen) atoms. The highest BCUT2D eigenvalue weighted by Gasteiger charge is 2.22. The van der Waals surface area contributed by atoms with Crippen molar-refractivity contribution < 1.29 is 4.79 Å². The van der Waals surface area contributed by atoms with E-state index >= 15 is 0 Å². The molecule has 1 unspecified atom stereocenters. The maximum Gasteiger partial charge on any atom is 0.179 e. The Morgan fingerprint density at radius 1 is 1.24 bits per heavy atom. The quantitative estimate of drug-likeness (QED) is 0.814. The first-order valence-corrected chi connectivity index (χ1v) is 7.80. The van der Waals surface area contributed by atoms with Gasteiger partial charge < -0.3 is 4.98 Å². The molecule has 3 heteroatoms. The number of hydrogen-bond acceptors (Lipinski definition) is 2. The SMILES string of the molecule is CCN(CC(=O)c1c(C)[nH]c2ccccc12)C(C)C(C)C. The number of likely N-dealkylation sites (N-methyl/N-ethyl adjacent to an activating group) is 1. The summed E-state index contributed by atoms with van der Waals surface area (Å²) < 4.78 is 0. The summed E-state index contributed by atoms with van der Waals surface area (Å²) in [4.78, 5) is 18.3. The fourth-order valence-electron chi connectivity index (χ4n) is 2.86. The Morgan fingerprint density at radius 2 is 1.90 bits per heavy atom. The summed E-state index contributed by atoms with van der Waals surface area (Å²) in [6.07, 6.45) is 0. The summed E-state index contributed by atoms with van der Waals surface area (Å²) in [5, 5.41) is 1.04. The lowest BCUT2D eigenvalue weighted by Crippen LogP contribution is -2.40. The molecule has 0 radical (unpaired) electrons. The van der Waals surface area contributed by atoms with Gasteiger partial charge in [-0.1, -0.05) is 39.0 Å². The maximum absolute atomic E-state index is 12.8. The van der Waals surface area contributed by atoms with Crippen LogP contribution < -0.4 is 0 Å². The molecule has 0 aliphatic rings. The van der Waals surface area contributed by atoms with Crippen molar-refractivity contribution in [2.24, 2.45) is 5.92 Å². The molecule has 1 heterocycles. The van der Waals surface area contributed by atoms with E-state index in [1.807, 2.05) is 31.2 Å². The highest BCUT2D eigenvalue weighted by Crippen LogP contribution is 2.23. The average Bonchev–Trinajstić information content (AvgIpc) is 2.79. The molecular formula is C18H26N2O. The minimum Gasteiger partial charge on any atom is -0.358 e. The molecule has 0 spiro atoms. The minimum absolute atomic E-state index is 0.208. The molecule has 0 aliphatic heterocycles. The van der Waals surface area contributed by atoms with Gasteiger partial charge in [0.05, 0.1) is 6.54 Å². The zero-order valence-corrected chi connectivity index (χ0v) is 13.7. The van der Waals surface area contributed by atoms with Crippen molar-refractivity contribution in [3.05, 3.63) is 35.5 Å². The standard InChI is InChI=1S/C18H26N2O/c1-6-20(14(5)12(2)3)11-17(21)18-13(4)19-16-10-8-7-9-15(16)18/h7-10,12,14,19H,6,11H2,1-5H3. The summed E-state index contributed by atoms with van der Waals surface area (Å²) in [5.41, 5.74) is 2.85. The van der Waals surface area contributed by atoms with Crippen molar-refractivity contribution in [3.63, 3.8) is 0 Å². The van der Waals surface area contributed by atoms with Crippen LogP contribution in [-0.4, -0.2) is 34.8 Å². The number of rotatable bonds is 6. The van der Waals surface area contributed by atoms with E-state index in [1.54, 1.807) is 0 Å². The molecule has 114 valence electrons. The number of hydrogen-bond donors (Lipinski definition) is 1. The summed E-state index contributed by atoms with van der Waals surface area (Å²) in [6.45, 7) is 12.1. The Kier molecular flexibility index (Phi) is 4.84. The first-order chi connectivity index (χ1) is 9.95. The monoisotopic (exact) mass is 286 g/mol. The van der Waals surface area contributed by atoms with Crippen LogP contribution in [0.5, 0.6) is 0 Å². The molecular weight excluding hydrogens is 260 g/mol. The third-order valence-electron chi connectivity index (χ3n) is 4.47. The Hall–Kier alpha value is -1.61. The first-order valence-electron chi connectivity index (χ1n) is 7.80. The molecule has 0 amide bonds. The fourth-order valence-corrected chi connectivity index (χ4v) is 2.86. The van der Waals surface area contributed by atoms with E-state index in [2.05, 4.69) is 37.6 Å². The maximum atomic E-state index is 12.8. The minimum atomic E-state index is 0.208. The van der Waals surface area contributed by atoms with Gasteiger partial charge in [-0.2, -0.15) is 0 Å². The topological polar surface area (TPSA) is 36.1 Å². The van der Waals surface area contributed by atoms with E-state index in [9.17, 15) is 4.79 Å². The van der Waals surface area contributed by atoms with Crippen LogP contribution in [0.25, 0.3) is 10.9 Å². The lowest BCUT2D eigenvalue weighted by atomic mass is 10.0. The highest BCUT2D eigenvalue weighted by molar-refractivity contribution is 6.10. The first kappa shape index (κ1) is 15.8. The summed E-state index contributed by atoms with van der Waals surface area (Å²) >= 11 is 0. The van der Waals surface area contributed by atoms with Crippen LogP contribution in [0.2, 0.25) is 0 Å². The van der Waals surface area contributed by atoms with Gasteiger partial charge in [0.1, 0.15) is 0 Å². The average molecular weight is 286 g/mol. The Labute approximate surface area is 127 Å². The Morgan fingerprint density at radius 3 is 2.52 bits per heavy atom. The van der Waals surface area contributed by atoms with Crippen LogP contribution >= 0.6 is 0 Å². The molecule has 0 aliphatic carbocycles. The third-order valence-corrected chi connectivity index (χ3v) is 4.47. The van der Waals surface area contributed by atoms with Gasteiger partial charge in [-0.05, 0) is 32.4 Å². The lowest BCUT2D eigenvalue weighted by Gasteiger charge is -2.30. The van der Waals surface area contributed by atoms with Crippen molar-refractivity contribution in [1.29, 1.82) is 0 Å². The molecule has 0 saturated heterocycles. The van der Waals surface area contributed by atoms with Crippen molar-refractivity contribution in [1.82, 2.24) is 9.88 Å².